The summed E-state index contributed by atoms with van der Waals surface area (Å²) in [5, 5.41) is 40.5. The second-order valence-electron chi connectivity index (χ2n) is 4.77. The van der Waals surface area contributed by atoms with Crippen LogP contribution in [0.2, 0.25) is 0 Å². The largest absolute Gasteiger partial charge is 0.507 e. The summed E-state index contributed by atoms with van der Waals surface area (Å²) in [5.74, 6) is -4.85. The molecule has 21 heavy (non-hydrogen) atoms. The fraction of sp³-hybridized carbons (Fsp3) is 0.133. The van der Waals surface area contributed by atoms with Gasteiger partial charge in [0.2, 0.25) is 11.4 Å². The highest BCUT2D eigenvalue weighted by atomic mass is 16.8. The Kier molecular flexibility index (Phi) is 2.77. The van der Waals surface area contributed by atoms with E-state index in [0.29, 0.717) is 0 Å². The van der Waals surface area contributed by atoms with Gasteiger partial charge in [0.15, 0.2) is 0 Å². The van der Waals surface area contributed by atoms with E-state index in [-0.39, 0.29) is 16.9 Å². The molecule has 6 heteroatoms. The average Bonchev–Trinajstić information content (AvgIpc) is 2.45. The Morgan fingerprint density at radius 3 is 2.24 bits per heavy atom. The van der Waals surface area contributed by atoms with Crippen LogP contribution in [-0.2, 0) is 5.60 Å². The molecule has 0 fully saturated rings. The van der Waals surface area contributed by atoms with Gasteiger partial charge in [0.25, 0.3) is 0 Å². The molecule has 0 bridgehead atoms. The van der Waals surface area contributed by atoms with Gasteiger partial charge in [-0.2, -0.15) is 0 Å². The van der Waals surface area contributed by atoms with Crippen molar-refractivity contribution < 1.29 is 30.0 Å². The molecule has 108 valence electrons. The number of rotatable bonds is 1. The number of Topliss-reactive ketones (excluding diaryl/α,β-unsaturated/α-hetero) is 1. The highest BCUT2D eigenvalue weighted by Gasteiger charge is 2.62. The van der Waals surface area contributed by atoms with Crippen LogP contribution in [0.4, 0.5) is 0 Å². The molecule has 1 aliphatic rings. The maximum Gasteiger partial charge on any atom is 0.365 e. The standard InChI is InChI=1S/C15H12O6/c16-10-7-4-8-11-12(10)13(17)14(18,15(19,20)21-11)9-5-2-1-3-6-9/h1-8,16,18-20H. The maximum atomic E-state index is 12.6. The van der Waals surface area contributed by atoms with Gasteiger partial charge < -0.3 is 25.2 Å². The normalized spacial score (nSPS) is 23.3. The lowest BCUT2D eigenvalue weighted by atomic mass is 9.81. The zero-order chi connectivity index (χ0) is 15.3. The highest BCUT2D eigenvalue weighted by Crippen LogP contribution is 2.45. The van der Waals surface area contributed by atoms with Crippen molar-refractivity contribution in [2.75, 3.05) is 0 Å². The Morgan fingerprint density at radius 1 is 0.905 bits per heavy atom. The Balaban J connectivity index is 2.27. The Hall–Kier alpha value is -2.41. The lowest BCUT2D eigenvalue weighted by Gasteiger charge is -2.41. The third-order valence-corrected chi connectivity index (χ3v) is 3.48. The van der Waals surface area contributed by atoms with E-state index in [1.807, 2.05) is 0 Å². The third-order valence-electron chi connectivity index (χ3n) is 3.48. The van der Waals surface area contributed by atoms with Crippen LogP contribution in [0.1, 0.15) is 15.9 Å². The lowest BCUT2D eigenvalue weighted by Crippen LogP contribution is -2.62. The molecule has 0 spiro atoms. The van der Waals surface area contributed by atoms with Crippen LogP contribution in [0.3, 0.4) is 0 Å². The Bertz CT molecular complexity index is 709. The first-order valence-corrected chi connectivity index (χ1v) is 6.16. The van der Waals surface area contributed by atoms with Gasteiger partial charge in [-0.15, -0.1) is 0 Å². The first-order valence-electron chi connectivity index (χ1n) is 6.16. The fourth-order valence-electron chi connectivity index (χ4n) is 2.39. The number of phenols is 1. The van der Waals surface area contributed by atoms with E-state index in [2.05, 4.69) is 0 Å². The smallest absolute Gasteiger partial charge is 0.365 e. The van der Waals surface area contributed by atoms with Gasteiger partial charge >= 0.3 is 5.97 Å². The van der Waals surface area contributed by atoms with Gasteiger partial charge in [-0.05, 0) is 12.1 Å². The number of hydrogen-bond acceptors (Lipinski definition) is 6. The van der Waals surface area contributed by atoms with Gasteiger partial charge in [0, 0.05) is 5.56 Å². The molecule has 1 atom stereocenters. The van der Waals surface area contributed by atoms with Crippen molar-refractivity contribution in [1.29, 1.82) is 0 Å². The molecule has 2 aromatic rings. The number of phenolic OH excluding ortho intramolecular Hbond substituents is 1. The number of ketones is 1. The molecule has 3 rings (SSSR count). The van der Waals surface area contributed by atoms with Crippen LogP contribution in [0.25, 0.3) is 0 Å². The number of aromatic hydroxyl groups is 1. The van der Waals surface area contributed by atoms with E-state index in [1.165, 1.54) is 42.5 Å². The van der Waals surface area contributed by atoms with Gasteiger partial charge in [-0.1, -0.05) is 36.4 Å². The van der Waals surface area contributed by atoms with Crippen molar-refractivity contribution in [2.45, 2.75) is 11.6 Å². The predicted molar refractivity (Wildman–Crippen MR) is 70.6 cm³/mol. The summed E-state index contributed by atoms with van der Waals surface area (Å²) in [6.45, 7) is 0. The molecular formula is C15H12O6. The lowest BCUT2D eigenvalue weighted by molar-refractivity contribution is -0.366. The van der Waals surface area contributed by atoms with Crippen LogP contribution in [-0.4, -0.2) is 32.2 Å². The first kappa shape index (κ1) is 13.6. The van der Waals surface area contributed by atoms with Crippen molar-refractivity contribution in [3.8, 4) is 11.5 Å². The highest BCUT2D eigenvalue weighted by molar-refractivity contribution is 6.08. The molecule has 6 nitrogen and oxygen atoms in total. The van der Waals surface area contributed by atoms with E-state index in [4.69, 9.17) is 4.74 Å². The molecule has 0 saturated heterocycles. The number of fused-ring (bicyclic) bond motifs is 1. The van der Waals surface area contributed by atoms with E-state index in [1.54, 1.807) is 6.07 Å². The molecule has 0 radical (unpaired) electrons. The van der Waals surface area contributed by atoms with Crippen LogP contribution in [0, 0.1) is 0 Å². The van der Waals surface area contributed by atoms with Crippen molar-refractivity contribution >= 4 is 5.78 Å². The summed E-state index contributed by atoms with van der Waals surface area (Å²) in [4.78, 5) is 12.6. The third kappa shape index (κ3) is 1.74. The summed E-state index contributed by atoms with van der Waals surface area (Å²) < 4.78 is 4.92. The van der Waals surface area contributed by atoms with Crippen LogP contribution >= 0.6 is 0 Å². The summed E-state index contributed by atoms with van der Waals surface area (Å²) in [5.41, 5.74) is -3.11. The van der Waals surface area contributed by atoms with Gasteiger partial charge in [-0.25, -0.2) is 0 Å². The second kappa shape index (κ2) is 4.29. The van der Waals surface area contributed by atoms with Crippen molar-refractivity contribution in [3.05, 3.63) is 59.7 Å². The average molecular weight is 288 g/mol. The second-order valence-corrected chi connectivity index (χ2v) is 4.77. The van der Waals surface area contributed by atoms with E-state index >= 15 is 0 Å². The molecule has 1 aliphatic heterocycles. The topological polar surface area (TPSA) is 107 Å². The first-order chi connectivity index (χ1) is 9.88. The van der Waals surface area contributed by atoms with Crippen molar-refractivity contribution in [1.82, 2.24) is 0 Å². The van der Waals surface area contributed by atoms with E-state index in [9.17, 15) is 25.2 Å². The summed E-state index contributed by atoms with van der Waals surface area (Å²) in [7, 11) is 0. The molecule has 1 heterocycles. The minimum absolute atomic E-state index is 0.0612. The summed E-state index contributed by atoms with van der Waals surface area (Å²) in [6.07, 6.45) is 0. The molecule has 0 aromatic heterocycles. The minimum Gasteiger partial charge on any atom is -0.507 e. The zero-order valence-electron chi connectivity index (χ0n) is 10.7. The molecular weight excluding hydrogens is 276 g/mol. The predicted octanol–water partition coefficient (Wildman–Crippen LogP) is 0.493. The molecule has 0 saturated carbocycles. The summed E-state index contributed by atoms with van der Waals surface area (Å²) >= 11 is 0. The number of carbonyl (C=O) groups is 1. The number of aliphatic hydroxyl groups is 3. The van der Waals surface area contributed by atoms with Crippen LogP contribution < -0.4 is 4.74 Å². The van der Waals surface area contributed by atoms with Gasteiger partial charge in [0.05, 0.1) is 0 Å². The van der Waals surface area contributed by atoms with E-state index in [0.717, 1.165) is 0 Å². The molecule has 0 aliphatic carbocycles. The Labute approximate surface area is 119 Å². The van der Waals surface area contributed by atoms with Crippen LogP contribution in [0.15, 0.2) is 48.5 Å². The molecule has 0 amide bonds. The minimum atomic E-state index is -3.16. The quantitative estimate of drug-likeness (QED) is 0.569. The van der Waals surface area contributed by atoms with Crippen molar-refractivity contribution in [3.63, 3.8) is 0 Å². The number of ether oxygens (including phenoxy) is 1. The van der Waals surface area contributed by atoms with Gasteiger partial charge in [-0.3, -0.25) is 4.79 Å². The van der Waals surface area contributed by atoms with Crippen molar-refractivity contribution in [2.24, 2.45) is 0 Å². The monoisotopic (exact) mass is 288 g/mol. The van der Waals surface area contributed by atoms with Crippen LogP contribution in [0.5, 0.6) is 11.5 Å². The molecule has 2 aromatic carbocycles. The van der Waals surface area contributed by atoms with E-state index < -0.39 is 23.1 Å². The number of benzene rings is 2. The number of hydrogen-bond donors (Lipinski definition) is 4. The number of carbonyl (C=O) groups excluding carboxylic acids is 1. The Morgan fingerprint density at radius 2 is 1.57 bits per heavy atom. The fourth-order valence-corrected chi connectivity index (χ4v) is 2.39. The van der Waals surface area contributed by atoms with Gasteiger partial charge in [0.1, 0.15) is 17.1 Å². The molecule has 1 unspecified atom stereocenters. The zero-order valence-corrected chi connectivity index (χ0v) is 10.7. The molecule has 4 N–H and O–H groups in total. The summed E-state index contributed by atoms with van der Waals surface area (Å²) in [6, 6.07) is 11.3. The SMILES string of the molecule is O=C1c2c(O)cccc2OC(O)(O)C1(O)c1ccccc1. The maximum absolute atomic E-state index is 12.6.